The molecule has 1 heterocycles. The molecular weight excluding hydrogens is 235 g/mol. The maximum atomic E-state index is 12.3. The molecule has 0 aliphatic heterocycles. The highest BCUT2D eigenvalue weighted by Gasteiger charge is 2.35. The molecule has 0 amide bonds. The normalized spacial score (nSPS) is 12.2. The van der Waals surface area contributed by atoms with Crippen LogP contribution < -0.4 is 5.73 Å². The fraction of sp³-hybridized carbons (Fsp3) is 0.375. The van der Waals surface area contributed by atoms with E-state index >= 15 is 0 Å². The molecule has 1 aromatic rings. The standard InChI is InChI=1S/C8H7F5N2O/c9-7(10)3-1-5(8(11,12)13)15-4(2-14)6(3)16/h1,7,16H,2,14H2. The molecule has 0 saturated carbocycles. The van der Waals surface area contributed by atoms with Crippen LogP contribution in [0.3, 0.4) is 0 Å². The molecular formula is C8H7F5N2O. The van der Waals surface area contributed by atoms with Gasteiger partial charge in [-0.2, -0.15) is 13.2 Å². The second kappa shape index (κ2) is 4.20. The molecule has 3 N–H and O–H groups in total. The zero-order valence-corrected chi connectivity index (χ0v) is 7.72. The molecule has 0 radical (unpaired) electrons. The van der Waals surface area contributed by atoms with Gasteiger partial charge in [0.05, 0.1) is 11.3 Å². The lowest BCUT2D eigenvalue weighted by Gasteiger charge is -2.12. The quantitative estimate of drug-likeness (QED) is 0.781. The van der Waals surface area contributed by atoms with E-state index in [-0.39, 0.29) is 6.07 Å². The molecule has 0 atom stereocenters. The Morgan fingerprint density at radius 3 is 2.31 bits per heavy atom. The molecule has 3 nitrogen and oxygen atoms in total. The zero-order valence-electron chi connectivity index (χ0n) is 7.72. The van der Waals surface area contributed by atoms with Crippen molar-refractivity contribution >= 4 is 0 Å². The summed E-state index contributed by atoms with van der Waals surface area (Å²) in [6, 6.07) is 0.110. The van der Waals surface area contributed by atoms with E-state index in [0.717, 1.165) is 0 Å². The maximum Gasteiger partial charge on any atom is 0.433 e. The molecule has 0 aromatic carbocycles. The van der Waals surface area contributed by atoms with Crippen molar-refractivity contribution in [3.05, 3.63) is 23.0 Å². The van der Waals surface area contributed by atoms with Gasteiger partial charge in [-0.1, -0.05) is 0 Å². The minimum atomic E-state index is -4.86. The van der Waals surface area contributed by atoms with Crippen LogP contribution in [0.25, 0.3) is 0 Å². The van der Waals surface area contributed by atoms with Crippen molar-refractivity contribution in [2.75, 3.05) is 0 Å². The summed E-state index contributed by atoms with van der Waals surface area (Å²) in [4.78, 5) is 2.97. The number of halogens is 5. The lowest BCUT2D eigenvalue weighted by molar-refractivity contribution is -0.141. The van der Waals surface area contributed by atoms with Crippen LogP contribution in [0.1, 0.15) is 23.4 Å². The van der Waals surface area contributed by atoms with Crippen molar-refractivity contribution < 1.29 is 27.1 Å². The number of aromatic hydroxyl groups is 1. The first-order chi connectivity index (χ1) is 7.27. The number of hydrogen-bond donors (Lipinski definition) is 2. The topological polar surface area (TPSA) is 59.1 Å². The molecule has 0 saturated heterocycles. The molecule has 1 aromatic heterocycles. The molecule has 0 aliphatic rings. The largest absolute Gasteiger partial charge is 0.505 e. The van der Waals surface area contributed by atoms with Gasteiger partial charge in [-0.05, 0) is 6.07 Å². The van der Waals surface area contributed by atoms with Crippen LogP contribution in [0, 0.1) is 0 Å². The van der Waals surface area contributed by atoms with E-state index in [4.69, 9.17) is 10.8 Å². The molecule has 0 spiro atoms. The third-order valence-corrected chi connectivity index (χ3v) is 1.81. The summed E-state index contributed by atoms with van der Waals surface area (Å²) in [7, 11) is 0. The van der Waals surface area contributed by atoms with E-state index in [2.05, 4.69) is 4.98 Å². The summed E-state index contributed by atoms with van der Waals surface area (Å²) in [6.45, 7) is -0.560. The van der Waals surface area contributed by atoms with E-state index in [9.17, 15) is 22.0 Å². The van der Waals surface area contributed by atoms with Crippen LogP contribution in [-0.2, 0) is 12.7 Å². The zero-order chi connectivity index (χ0) is 12.5. The number of nitrogens with two attached hydrogens (primary N) is 1. The van der Waals surface area contributed by atoms with Gasteiger partial charge < -0.3 is 10.8 Å². The summed E-state index contributed by atoms with van der Waals surface area (Å²) in [5, 5.41) is 9.16. The highest BCUT2D eigenvalue weighted by Crippen LogP contribution is 2.36. The summed E-state index contributed by atoms with van der Waals surface area (Å²) in [6.07, 6.45) is -8.09. The summed E-state index contributed by atoms with van der Waals surface area (Å²) in [5.74, 6) is -0.995. The van der Waals surface area contributed by atoms with Crippen molar-refractivity contribution in [1.82, 2.24) is 4.98 Å². The highest BCUT2D eigenvalue weighted by atomic mass is 19.4. The molecule has 0 aliphatic carbocycles. The smallest absolute Gasteiger partial charge is 0.433 e. The molecule has 0 bridgehead atoms. The number of nitrogens with zero attached hydrogens (tertiary/aromatic N) is 1. The summed E-state index contributed by atoms with van der Waals surface area (Å²) in [5.41, 5.74) is 1.77. The van der Waals surface area contributed by atoms with Gasteiger partial charge in [0.1, 0.15) is 11.4 Å². The van der Waals surface area contributed by atoms with Gasteiger partial charge in [-0.15, -0.1) is 0 Å². The van der Waals surface area contributed by atoms with E-state index in [1.54, 1.807) is 0 Å². The fourth-order valence-corrected chi connectivity index (χ4v) is 1.07. The third kappa shape index (κ3) is 2.38. The molecule has 90 valence electrons. The van der Waals surface area contributed by atoms with Gasteiger partial charge in [-0.3, -0.25) is 0 Å². The second-order valence-electron chi connectivity index (χ2n) is 2.89. The van der Waals surface area contributed by atoms with Gasteiger partial charge in [0.25, 0.3) is 6.43 Å². The average molecular weight is 242 g/mol. The first kappa shape index (κ1) is 12.6. The van der Waals surface area contributed by atoms with Crippen LogP contribution in [0.15, 0.2) is 6.07 Å². The Labute approximate surface area is 86.7 Å². The Kier molecular flexibility index (Phi) is 3.32. The SMILES string of the molecule is NCc1nc(C(F)(F)F)cc(C(F)F)c1O. The lowest BCUT2D eigenvalue weighted by atomic mass is 10.1. The van der Waals surface area contributed by atoms with Crippen LogP contribution in [-0.4, -0.2) is 10.1 Å². The number of aromatic nitrogens is 1. The Morgan fingerprint density at radius 2 is 1.94 bits per heavy atom. The van der Waals surface area contributed by atoms with Gasteiger partial charge in [0, 0.05) is 6.54 Å². The predicted molar refractivity (Wildman–Crippen MR) is 43.8 cm³/mol. The fourth-order valence-electron chi connectivity index (χ4n) is 1.07. The highest BCUT2D eigenvalue weighted by molar-refractivity contribution is 5.39. The van der Waals surface area contributed by atoms with Crippen LogP contribution in [0.4, 0.5) is 22.0 Å². The summed E-state index contributed by atoms with van der Waals surface area (Å²) < 4.78 is 61.4. The van der Waals surface area contributed by atoms with Crippen LogP contribution >= 0.6 is 0 Å². The van der Waals surface area contributed by atoms with Crippen molar-refractivity contribution in [3.63, 3.8) is 0 Å². The number of hydrogen-bond acceptors (Lipinski definition) is 3. The van der Waals surface area contributed by atoms with Gasteiger partial charge in [-0.25, -0.2) is 13.8 Å². The molecule has 1 rings (SSSR count). The van der Waals surface area contributed by atoms with Crippen molar-refractivity contribution in [2.24, 2.45) is 5.73 Å². The van der Waals surface area contributed by atoms with Crippen molar-refractivity contribution in [1.29, 1.82) is 0 Å². The van der Waals surface area contributed by atoms with Crippen LogP contribution in [0.2, 0.25) is 0 Å². The van der Waals surface area contributed by atoms with E-state index < -0.39 is 41.8 Å². The Morgan fingerprint density at radius 1 is 1.38 bits per heavy atom. The molecule has 0 unspecified atom stereocenters. The minimum absolute atomic E-state index is 0.110. The van der Waals surface area contributed by atoms with E-state index in [1.165, 1.54) is 0 Å². The minimum Gasteiger partial charge on any atom is -0.505 e. The van der Waals surface area contributed by atoms with Gasteiger partial charge in [0.2, 0.25) is 0 Å². The first-order valence-electron chi connectivity index (χ1n) is 4.05. The van der Waals surface area contributed by atoms with Gasteiger partial charge >= 0.3 is 6.18 Å². The first-order valence-corrected chi connectivity index (χ1v) is 4.05. The van der Waals surface area contributed by atoms with Crippen LogP contribution in [0.5, 0.6) is 5.75 Å². The Bertz CT molecular complexity index is 391. The lowest BCUT2D eigenvalue weighted by Crippen LogP contribution is -2.13. The maximum absolute atomic E-state index is 12.3. The second-order valence-corrected chi connectivity index (χ2v) is 2.89. The van der Waals surface area contributed by atoms with E-state index in [0.29, 0.717) is 0 Å². The number of alkyl halides is 5. The number of pyridine rings is 1. The number of rotatable bonds is 2. The molecule has 0 fully saturated rings. The molecule has 8 heteroatoms. The van der Waals surface area contributed by atoms with Crippen molar-refractivity contribution in [2.45, 2.75) is 19.1 Å². The van der Waals surface area contributed by atoms with Gasteiger partial charge in [0.15, 0.2) is 0 Å². The van der Waals surface area contributed by atoms with E-state index in [1.807, 2.05) is 0 Å². The average Bonchev–Trinajstić information content (AvgIpc) is 2.15. The molecule has 16 heavy (non-hydrogen) atoms. The predicted octanol–water partition coefficient (Wildman–Crippen LogP) is 2.20. The summed E-state index contributed by atoms with van der Waals surface area (Å²) >= 11 is 0. The Hall–Kier alpha value is -1.44. The third-order valence-electron chi connectivity index (χ3n) is 1.81. The van der Waals surface area contributed by atoms with Crippen molar-refractivity contribution in [3.8, 4) is 5.75 Å². The Balaban J connectivity index is 3.40. The monoisotopic (exact) mass is 242 g/mol.